The number of carbonyl (C=O) groups is 1. The average Bonchev–Trinajstić information content (AvgIpc) is 2.43. The van der Waals surface area contributed by atoms with Gasteiger partial charge in [0.05, 0.1) is 0 Å². The molecule has 1 N–H and O–H groups in total. The summed E-state index contributed by atoms with van der Waals surface area (Å²) in [4.78, 5) is 10.2. The normalized spacial score (nSPS) is 11.7. The standard InChI is InChI=1S/C18H32O2/c1-2-3-4-5-6-7-8-9-10-11-12-13-14-15-16-17-18(19)20/h14-17H,2-13H2,1H3,(H,19,20)/b15-14?,17-16-. The molecule has 2 heteroatoms. The summed E-state index contributed by atoms with van der Waals surface area (Å²) in [5.74, 6) is -0.885. The highest BCUT2D eigenvalue weighted by Gasteiger charge is 1.92. The topological polar surface area (TPSA) is 37.3 Å². The van der Waals surface area contributed by atoms with Gasteiger partial charge in [-0.25, -0.2) is 4.79 Å². The molecule has 0 spiro atoms. The highest BCUT2D eigenvalue weighted by molar-refractivity contribution is 5.80. The first-order valence-electron chi connectivity index (χ1n) is 8.33. The van der Waals surface area contributed by atoms with Crippen LogP contribution in [0.4, 0.5) is 0 Å². The first-order chi connectivity index (χ1) is 9.77. The zero-order valence-electron chi connectivity index (χ0n) is 13.2. The van der Waals surface area contributed by atoms with Crippen LogP contribution in [0.25, 0.3) is 0 Å². The molecule has 0 atom stereocenters. The first-order valence-corrected chi connectivity index (χ1v) is 8.33. The average molecular weight is 280 g/mol. The van der Waals surface area contributed by atoms with Gasteiger partial charge in [0.15, 0.2) is 0 Å². The molecule has 0 radical (unpaired) electrons. The predicted molar refractivity (Wildman–Crippen MR) is 87.0 cm³/mol. The van der Waals surface area contributed by atoms with E-state index >= 15 is 0 Å². The van der Waals surface area contributed by atoms with E-state index in [4.69, 9.17) is 5.11 Å². The molecule has 2 nitrogen and oxygen atoms in total. The van der Waals surface area contributed by atoms with Crippen molar-refractivity contribution in [1.82, 2.24) is 0 Å². The molecular weight excluding hydrogens is 248 g/mol. The summed E-state index contributed by atoms with van der Waals surface area (Å²) in [6.07, 6.45) is 22.7. The van der Waals surface area contributed by atoms with Crippen LogP contribution in [0.1, 0.15) is 84.0 Å². The minimum atomic E-state index is -0.885. The Labute approximate surface area is 125 Å². The zero-order valence-corrected chi connectivity index (χ0v) is 13.2. The van der Waals surface area contributed by atoms with Crippen LogP contribution >= 0.6 is 0 Å². The van der Waals surface area contributed by atoms with Crippen molar-refractivity contribution in [1.29, 1.82) is 0 Å². The van der Waals surface area contributed by atoms with E-state index in [1.54, 1.807) is 6.08 Å². The molecule has 0 aromatic rings. The number of carboxylic acid groups (broad SMARTS) is 1. The molecule has 0 aromatic heterocycles. The van der Waals surface area contributed by atoms with E-state index in [0.717, 1.165) is 12.5 Å². The molecule has 0 saturated carbocycles. The van der Waals surface area contributed by atoms with E-state index < -0.39 is 5.97 Å². The van der Waals surface area contributed by atoms with Crippen molar-refractivity contribution in [2.75, 3.05) is 0 Å². The quantitative estimate of drug-likeness (QED) is 0.245. The Morgan fingerprint density at radius 2 is 1.30 bits per heavy atom. The van der Waals surface area contributed by atoms with Crippen molar-refractivity contribution >= 4 is 5.97 Å². The molecule has 0 bridgehead atoms. The number of aliphatic carboxylic acids is 1. The molecule has 0 heterocycles. The van der Waals surface area contributed by atoms with Gasteiger partial charge in [0.1, 0.15) is 0 Å². The fourth-order valence-corrected chi connectivity index (χ4v) is 2.24. The summed E-state index contributed by atoms with van der Waals surface area (Å²) < 4.78 is 0. The van der Waals surface area contributed by atoms with E-state index in [9.17, 15) is 4.79 Å². The van der Waals surface area contributed by atoms with E-state index in [-0.39, 0.29) is 0 Å². The van der Waals surface area contributed by atoms with Crippen LogP contribution < -0.4 is 0 Å². The van der Waals surface area contributed by atoms with Crippen molar-refractivity contribution in [3.05, 3.63) is 24.3 Å². The molecule has 0 saturated heterocycles. The summed E-state index contributed by atoms with van der Waals surface area (Å²) in [5.41, 5.74) is 0. The Morgan fingerprint density at radius 1 is 0.800 bits per heavy atom. The maximum absolute atomic E-state index is 10.2. The molecule has 0 fully saturated rings. The number of allylic oxidation sites excluding steroid dienone is 3. The lowest BCUT2D eigenvalue weighted by Gasteiger charge is -2.01. The Bertz CT molecular complexity index is 267. The second-order valence-corrected chi connectivity index (χ2v) is 5.45. The van der Waals surface area contributed by atoms with E-state index in [2.05, 4.69) is 6.92 Å². The largest absolute Gasteiger partial charge is 0.478 e. The van der Waals surface area contributed by atoms with Crippen molar-refractivity contribution < 1.29 is 9.90 Å². The lowest BCUT2D eigenvalue weighted by atomic mass is 10.1. The molecule has 0 unspecified atom stereocenters. The van der Waals surface area contributed by atoms with Crippen LogP contribution in [-0.4, -0.2) is 11.1 Å². The van der Waals surface area contributed by atoms with Crippen molar-refractivity contribution in [3.8, 4) is 0 Å². The summed E-state index contributed by atoms with van der Waals surface area (Å²) in [5, 5.41) is 8.40. The summed E-state index contributed by atoms with van der Waals surface area (Å²) >= 11 is 0. The molecule has 0 aliphatic heterocycles. The van der Waals surface area contributed by atoms with Gasteiger partial charge in [-0.1, -0.05) is 89.4 Å². The van der Waals surface area contributed by atoms with Crippen molar-refractivity contribution in [3.63, 3.8) is 0 Å². The molecule has 20 heavy (non-hydrogen) atoms. The summed E-state index contributed by atoms with van der Waals surface area (Å²) in [7, 11) is 0. The van der Waals surface area contributed by atoms with Crippen LogP contribution in [0.15, 0.2) is 24.3 Å². The molecule has 0 aliphatic rings. The van der Waals surface area contributed by atoms with Crippen molar-refractivity contribution in [2.24, 2.45) is 0 Å². The van der Waals surface area contributed by atoms with Gasteiger partial charge in [0.25, 0.3) is 0 Å². The third-order valence-corrected chi connectivity index (χ3v) is 3.46. The van der Waals surface area contributed by atoms with Gasteiger partial charge >= 0.3 is 5.97 Å². The van der Waals surface area contributed by atoms with Gasteiger partial charge in [-0.2, -0.15) is 0 Å². The van der Waals surface area contributed by atoms with Crippen LogP contribution in [-0.2, 0) is 4.79 Å². The second kappa shape index (κ2) is 16.0. The number of hydrogen-bond donors (Lipinski definition) is 1. The van der Waals surface area contributed by atoms with Gasteiger partial charge in [-0.05, 0) is 12.8 Å². The lowest BCUT2D eigenvalue weighted by molar-refractivity contribution is -0.131. The minimum absolute atomic E-state index is 0.885. The molecule has 116 valence electrons. The molecular formula is C18H32O2. The Hall–Kier alpha value is -1.05. The smallest absolute Gasteiger partial charge is 0.328 e. The highest BCUT2D eigenvalue weighted by Crippen LogP contribution is 2.11. The van der Waals surface area contributed by atoms with Gasteiger partial charge in [0.2, 0.25) is 0 Å². The van der Waals surface area contributed by atoms with E-state index in [1.165, 1.54) is 70.6 Å². The number of carboxylic acids is 1. The zero-order chi connectivity index (χ0) is 14.9. The van der Waals surface area contributed by atoms with Crippen LogP contribution in [0.2, 0.25) is 0 Å². The summed E-state index contributed by atoms with van der Waals surface area (Å²) in [6.45, 7) is 2.26. The van der Waals surface area contributed by atoms with E-state index in [1.807, 2.05) is 12.2 Å². The Kier molecular flexibility index (Phi) is 15.2. The lowest BCUT2D eigenvalue weighted by Crippen LogP contribution is -1.84. The molecule has 0 aliphatic carbocycles. The van der Waals surface area contributed by atoms with Crippen molar-refractivity contribution in [2.45, 2.75) is 84.0 Å². The number of unbranched alkanes of at least 4 members (excludes halogenated alkanes) is 11. The highest BCUT2D eigenvalue weighted by atomic mass is 16.4. The predicted octanol–water partition coefficient (Wildman–Crippen LogP) is 5.88. The van der Waals surface area contributed by atoms with E-state index in [0.29, 0.717) is 0 Å². The van der Waals surface area contributed by atoms with Gasteiger partial charge in [-0.15, -0.1) is 0 Å². The third-order valence-electron chi connectivity index (χ3n) is 3.46. The van der Waals surface area contributed by atoms with Gasteiger partial charge in [-0.3, -0.25) is 0 Å². The number of rotatable bonds is 14. The molecule has 0 amide bonds. The van der Waals surface area contributed by atoms with Gasteiger partial charge in [0, 0.05) is 6.08 Å². The third kappa shape index (κ3) is 16.9. The van der Waals surface area contributed by atoms with Gasteiger partial charge < -0.3 is 5.11 Å². The molecule has 0 rings (SSSR count). The van der Waals surface area contributed by atoms with Crippen LogP contribution in [0, 0.1) is 0 Å². The fraction of sp³-hybridized carbons (Fsp3) is 0.722. The maximum atomic E-state index is 10.2. The Morgan fingerprint density at radius 3 is 1.80 bits per heavy atom. The first kappa shape index (κ1) is 18.9. The number of hydrogen-bond acceptors (Lipinski definition) is 1. The fourth-order valence-electron chi connectivity index (χ4n) is 2.24. The monoisotopic (exact) mass is 280 g/mol. The van der Waals surface area contributed by atoms with Crippen LogP contribution in [0.5, 0.6) is 0 Å². The maximum Gasteiger partial charge on any atom is 0.328 e. The van der Waals surface area contributed by atoms with Crippen LogP contribution in [0.3, 0.4) is 0 Å². The second-order valence-electron chi connectivity index (χ2n) is 5.45. The summed E-state index contributed by atoms with van der Waals surface area (Å²) in [6, 6.07) is 0. The minimum Gasteiger partial charge on any atom is -0.478 e. The Balaban J connectivity index is 3.11. The molecule has 0 aromatic carbocycles. The SMILES string of the molecule is CCCCCCCCCCCCCC=C/C=C\C(=O)O.